The first kappa shape index (κ1) is 48.8. The molecule has 0 amide bonds. The van der Waals surface area contributed by atoms with Crippen molar-refractivity contribution >= 4 is 45.7 Å². The van der Waals surface area contributed by atoms with Crippen LogP contribution in [-0.4, -0.2) is 18.7 Å². The fourth-order valence-electron chi connectivity index (χ4n) is 6.14. The fourth-order valence-corrected chi connectivity index (χ4v) is 9.72. The summed E-state index contributed by atoms with van der Waals surface area (Å²) in [6.45, 7) is 48.6. The molecule has 3 aromatic carbocycles. The maximum Gasteiger partial charge on any atom is 0.129 e. The van der Waals surface area contributed by atoms with Crippen LogP contribution in [0.5, 0.6) is 0 Å². The highest BCUT2D eigenvalue weighted by Gasteiger charge is 2.30. The molecule has 58 heavy (non-hydrogen) atoms. The molecule has 0 nitrogen and oxygen atoms in total. The van der Waals surface area contributed by atoms with Crippen molar-refractivity contribution in [3.8, 4) is 47.0 Å². The molecule has 0 fully saturated rings. The van der Waals surface area contributed by atoms with Crippen molar-refractivity contribution in [1.29, 1.82) is 0 Å². The number of hydrogen-bond acceptors (Lipinski definition) is 0. The molecule has 0 radical (unpaired) electrons. The predicted octanol–water partition coefficient (Wildman–Crippen LogP) is 13.6. The Morgan fingerprint density at radius 2 is 0.759 bits per heavy atom. The molecule has 0 aliphatic heterocycles. The van der Waals surface area contributed by atoms with Crippen molar-refractivity contribution in [3.63, 3.8) is 0 Å². The van der Waals surface area contributed by atoms with Crippen LogP contribution in [0, 0.1) is 47.0 Å². The zero-order valence-electron chi connectivity index (χ0n) is 40.1. The van der Waals surface area contributed by atoms with Gasteiger partial charge in [-0.2, -0.15) is 0 Å². The molecular formula is C55H72P2Si. The van der Waals surface area contributed by atoms with Gasteiger partial charge in [0.25, 0.3) is 0 Å². The van der Waals surface area contributed by atoms with Gasteiger partial charge in [0, 0.05) is 16.2 Å². The molecule has 0 aliphatic carbocycles. The minimum absolute atomic E-state index is 0.0201. The first-order valence-corrected chi connectivity index (χ1v) is 26.2. The second-order valence-electron chi connectivity index (χ2n) is 22.9. The van der Waals surface area contributed by atoms with E-state index in [0.29, 0.717) is 0 Å². The monoisotopic (exact) mass is 822 g/mol. The van der Waals surface area contributed by atoms with E-state index in [1.165, 1.54) is 44.0 Å². The lowest BCUT2D eigenvalue weighted by atomic mass is 9.75. The average molecular weight is 823 g/mol. The lowest BCUT2D eigenvalue weighted by molar-refractivity contribution is 0.553. The van der Waals surface area contributed by atoms with Crippen LogP contribution in [0.3, 0.4) is 0 Å². The summed E-state index contributed by atoms with van der Waals surface area (Å²) in [5.41, 5.74) is 12.5. The van der Waals surface area contributed by atoms with Gasteiger partial charge in [-0.15, -0.1) is 5.54 Å². The molecule has 0 bridgehead atoms. The zero-order chi connectivity index (χ0) is 44.3. The van der Waals surface area contributed by atoms with Crippen molar-refractivity contribution in [2.75, 3.05) is 0 Å². The predicted molar refractivity (Wildman–Crippen MR) is 268 cm³/mol. The highest BCUT2D eigenvalue weighted by atomic mass is 31.1. The normalized spacial score (nSPS) is 13.3. The molecule has 0 heterocycles. The Bertz CT molecular complexity index is 2230. The minimum Gasteiger partial charge on any atom is -0.126 e. The Labute approximate surface area is 361 Å². The van der Waals surface area contributed by atoms with Crippen LogP contribution >= 0.6 is 16.4 Å². The summed E-state index contributed by atoms with van der Waals surface area (Å²) < 4.78 is 0. The Morgan fingerprint density at radius 1 is 0.431 bits per heavy atom. The van der Waals surface area contributed by atoms with Crippen LogP contribution < -0.4 is 10.6 Å². The summed E-state index contributed by atoms with van der Waals surface area (Å²) in [7, 11) is 0.330. The molecular weight excluding hydrogens is 751 g/mol. The standard InChI is InChI=1S/C55H72P2Si/c1-50(2,3)40-35-44(52(7,8)9)48(45(36-40)53(10,11)12)56-42(32-31-39-27-23-22-24-28-39)29-25-26-30-43(33-34-58(19,20)21)57-49-46(54(13,14)15)37-41(51(4,5)6)38-47(49)55(16,17)18/h22-24,27-28,35-38H,1-21H3. The lowest BCUT2D eigenvalue weighted by Gasteiger charge is -2.32. The number of benzene rings is 3. The molecule has 3 aromatic rings. The SMILES string of the molecule is CC(C)(C)c1cc(C(C)(C)C)c(P=C(C#CC#CC(C#C[Si](C)(C)C)=Pc2c(C(C)(C)C)cc(C(C)(C)C)cc2C(C)(C)C)C#Cc2ccccc2)c(C(C)(C)C)c1. The maximum absolute atomic E-state index is 3.64. The second kappa shape index (κ2) is 18.0. The average Bonchev–Trinajstić information content (AvgIpc) is 3.04. The molecule has 0 unspecified atom stereocenters. The van der Waals surface area contributed by atoms with Gasteiger partial charge in [-0.05, 0) is 124 Å². The van der Waals surface area contributed by atoms with Crippen LogP contribution in [0.25, 0.3) is 0 Å². The molecule has 0 aliphatic rings. The van der Waals surface area contributed by atoms with E-state index >= 15 is 0 Å². The lowest BCUT2D eigenvalue weighted by Crippen LogP contribution is -2.30. The van der Waals surface area contributed by atoms with Crippen LogP contribution in [-0.2, 0) is 32.5 Å². The van der Waals surface area contributed by atoms with Crippen LogP contribution in [0.15, 0.2) is 54.6 Å². The van der Waals surface area contributed by atoms with E-state index in [9.17, 15) is 0 Å². The van der Waals surface area contributed by atoms with Gasteiger partial charge in [-0.25, -0.2) is 0 Å². The van der Waals surface area contributed by atoms with Gasteiger partial charge < -0.3 is 0 Å². The van der Waals surface area contributed by atoms with Crippen LogP contribution in [0.4, 0.5) is 0 Å². The van der Waals surface area contributed by atoms with Gasteiger partial charge in [0.15, 0.2) is 0 Å². The Hall–Kier alpha value is -3.54. The second-order valence-corrected chi connectivity index (χ2v) is 29.9. The van der Waals surface area contributed by atoms with Gasteiger partial charge in [0.05, 0.1) is 0 Å². The van der Waals surface area contributed by atoms with Gasteiger partial charge in [0.2, 0.25) is 0 Å². The summed E-state index contributed by atoms with van der Waals surface area (Å²) >= 11 is 0. The molecule has 306 valence electrons. The van der Waals surface area contributed by atoms with E-state index in [0.717, 1.165) is 32.6 Å². The van der Waals surface area contributed by atoms with E-state index in [1.807, 2.05) is 18.2 Å². The number of hydrogen-bond donors (Lipinski definition) is 0. The molecule has 0 atom stereocenters. The van der Waals surface area contributed by atoms with Gasteiger partial charge in [-0.1, -0.05) is 199 Å². The zero-order valence-corrected chi connectivity index (χ0v) is 42.9. The van der Waals surface area contributed by atoms with Gasteiger partial charge >= 0.3 is 0 Å². The minimum atomic E-state index is -1.69. The summed E-state index contributed by atoms with van der Waals surface area (Å²) in [5.74, 6) is 24.1. The molecule has 0 saturated heterocycles. The summed E-state index contributed by atoms with van der Waals surface area (Å²) in [6, 6.07) is 19.9. The van der Waals surface area contributed by atoms with Crippen molar-refractivity contribution in [2.24, 2.45) is 0 Å². The molecule has 0 N–H and O–H groups in total. The topological polar surface area (TPSA) is 0 Å². The first-order chi connectivity index (χ1) is 26.2. The quantitative estimate of drug-likeness (QED) is 0.137. The summed E-state index contributed by atoms with van der Waals surface area (Å²) in [4.78, 5) is 0. The third kappa shape index (κ3) is 14.3. The third-order valence-electron chi connectivity index (χ3n) is 9.71. The molecule has 0 aromatic heterocycles. The number of rotatable bonds is 2. The third-order valence-corrected chi connectivity index (χ3v) is 12.9. The molecule has 0 saturated carbocycles. The van der Waals surface area contributed by atoms with Crippen LogP contribution in [0.2, 0.25) is 19.6 Å². The van der Waals surface area contributed by atoms with E-state index in [2.05, 4.69) is 228 Å². The van der Waals surface area contributed by atoms with Crippen molar-refractivity contribution < 1.29 is 0 Å². The van der Waals surface area contributed by atoms with E-state index in [1.54, 1.807) is 0 Å². The van der Waals surface area contributed by atoms with Crippen LogP contribution in [0.1, 0.15) is 164 Å². The highest BCUT2D eigenvalue weighted by Crippen LogP contribution is 2.37. The largest absolute Gasteiger partial charge is 0.129 e. The van der Waals surface area contributed by atoms with Crippen molar-refractivity contribution in [2.45, 2.75) is 177 Å². The molecule has 3 rings (SSSR count). The van der Waals surface area contributed by atoms with E-state index in [-0.39, 0.29) is 32.5 Å². The Morgan fingerprint density at radius 3 is 1.05 bits per heavy atom. The summed E-state index contributed by atoms with van der Waals surface area (Å²) in [5, 5.41) is 4.35. The van der Waals surface area contributed by atoms with E-state index in [4.69, 9.17) is 0 Å². The summed E-state index contributed by atoms with van der Waals surface area (Å²) in [6.07, 6.45) is 0. The van der Waals surface area contributed by atoms with E-state index < -0.39 is 8.07 Å². The Balaban J connectivity index is 2.46. The highest BCUT2D eigenvalue weighted by molar-refractivity contribution is 7.51. The smallest absolute Gasteiger partial charge is 0.126 e. The fraction of sp³-hybridized carbons (Fsp3) is 0.491. The maximum atomic E-state index is 3.64. The van der Waals surface area contributed by atoms with Gasteiger partial charge in [0.1, 0.15) is 18.7 Å². The molecule has 3 heteroatoms. The van der Waals surface area contributed by atoms with Crippen molar-refractivity contribution in [1.82, 2.24) is 0 Å². The van der Waals surface area contributed by atoms with Crippen molar-refractivity contribution in [3.05, 3.63) is 93.5 Å². The Kier molecular flexibility index (Phi) is 15.1. The first-order valence-electron chi connectivity index (χ1n) is 20.9. The molecule has 0 spiro atoms. The van der Waals surface area contributed by atoms with Gasteiger partial charge in [-0.3, -0.25) is 0 Å².